The van der Waals surface area contributed by atoms with Gasteiger partial charge in [-0.1, -0.05) is 25.7 Å². The summed E-state index contributed by atoms with van der Waals surface area (Å²) in [5.74, 6) is 0.674. The fourth-order valence-corrected chi connectivity index (χ4v) is 1.40. The van der Waals surface area contributed by atoms with Crippen LogP contribution in [0, 0.1) is 5.92 Å². The third kappa shape index (κ3) is 4.27. The number of nitrogens with two attached hydrogens (primary N) is 1. The van der Waals surface area contributed by atoms with Crippen LogP contribution in [0.3, 0.4) is 0 Å². The van der Waals surface area contributed by atoms with Gasteiger partial charge in [0.15, 0.2) is 0 Å². The van der Waals surface area contributed by atoms with Crippen molar-refractivity contribution >= 4 is 5.97 Å². The van der Waals surface area contributed by atoms with Gasteiger partial charge in [-0.15, -0.1) is 0 Å². The van der Waals surface area contributed by atoms with Crippen molar-refractivity contribution < 1.29 is 9.53 Å². The van der Waals surface area contributed by atoms with Crippen LogP contribution in [0.25, 0.3) is 0 Å². The molecular formula is C10H19NO2. The highest BCUT2D eigenvalue weighted by Gasteiger charge is 2.21. The van der Waals surface area contributed by atoms with Gasteiger partial charge in [-0.25, -0.2) is 0 Å². The molecular weight excluding hydrogens is 166 g/mol. The third-order valence-corrected chi connectivity index (χ3v) is 2.41. The van der Waals surface area contributed by atoms with Crippen LogP contribution in [-0.4, -0.2) is 18.6 Å². The molecule has 0 radical (unpaired) electrons. The second kappa shape index (κ2) is 5.22. The topological polar surface area (TPSA) is 52.3 Å². The lowest BCUT2D eigenvalue weighted by molar-refractivity contribution is -0.144. The Morgan fingerprint density at radius 3 is 2.85 bits per heavy atom. The van der Waals surface area contributed by atoms with Gasteiger partial charge in [0.25, 0.3) is 0 Å². The molecule has 0 aromatic carbocycles. The largest absolute Gasteiger partial charge is 0.465 e. The maximum atomic E-state index is 11.1. The van der Waals surface area contributed by atoms with E-state index < -0.39 is 6.04 Å². The zero-order chi connectivity index (χ0) is 9.68. The van der Waals surface area contributed by atoms with E-state index in [0.717, 1.165) is 18.8 Å². The molecule has 1 aliphatic carbocycles. The highest BCUT2D eigenvalue weighted by atomic mass is 16.5. The van der Waals surface area contributed by atoms with E-state index in [1.54, 1.807) is 6.92 Å². The van der Waals surface area contributed by atoms with E-state index in [4.69, 9.17) is 10.5 Å². The summed E-state index contributed by atoms with van der Waals surface area (Å²) in [6.07, 6.45) is 5.80. The van der Waals surface area contributed by atoms with Crippen molar-refractivity contribution in [3.63, 3.8) is 0 Å². The van der Waals surface area contributed by atoms with Gasteiger partial charge in [0.1, 0.15) is 6.04 Å². The number of carbonyl (C=O) groups is 1. The minimum Gasteiger partial charge on any atom is -0.465 e. The molecule has 0 saturated heterocycles. The summed E-state index contributed by atoms with van der Waals surface area (Å²) in [6, 6.07) is -0.404. The first-order chi connectivity index (χ1) is 6.24. The van der Waals surface area contributed by atoms with Crippen molar-refractivity contribution in [3.8, 4) is 0 Å². The number of carbonyl (C=O) groups excluding carboxylic acids is 1. The minimum absolute atomic E-state index is 0.252. The number of esters is 1. The lowest BCUT2D eigenvalue weighted by Gasteiger charge is -2.09. The first-order valence-electron chi connectivity index (χ1n) is 5.16. The zero-order valence-corrected chi connectivity index (χ0v) is 8.29. The first kappa shape index (κ1) is 10.5. The smallest absolute Gasteiger partial charge is 0.322 e. The standard InChI is InChI=1S/C10H19NO2/c1-2-13-10(12)9(11)5-3-4-8-6-7-8/h8-9H,2-7,11H2,1H3. The van der Waals surface area contributed by atoms with Crippen LogP contribution in [-0.2, 0) is 9.53 Å². The van der Waals surface area contributed by atoms with Crippen molar-refractivity contribution in [3.05, 3.63) is 0 Å². The Bertz CT molecular complexity index is 166. The molecule has 3 heteroatoms. The molecule has 0 amide bonds. The molecule has 0 bridgehead atoms. The Labute approximate surface area is 79.6 Å². The molecule has 0 heterocycles. The van der Waals surface area contributed by atoms with Gasteiger partial charge in [0.2, 0.25) is 0 Å². The molecule has 0 aromatic rings. The van der Waals surface area contributed by atoms with Crippen LogP contribution >= 0.6 is 0 Å². The summed E-state index contributed by atoms with van der Waals surface area (Å²) >= 11 is 0. The Hall–Kier alpha value is -0.570. The second-order valence-corrected chi connectivity index (χ2v) is 3.73. The normalized spacial score (nSPS) is 18.3. The molecule has 0 aliphatic heterocycles. The molecule has 13 heavy (non-hydrogen) atoms. The highest BCUT2D eigenvalue weighted by Crippen LogP contribution is 2.33. The summed E-state index contributed by atoms with van der Waals surface area (Å²) in [7, 11) is 0. The highest BCUT2D eigenvalue weighted by molar-refractivity contribution is 5.75. The molecule has 2 N–H and O–H groups in total. The number of rotatable bonds is 6. The number of hydrogen-bond donors (Lipinski definition) is 1. The number of hydrogen-bond acceptors (Lipinski definition) is 3. The van der Waals surface area contributed by atoms with Crippen LogP contribution < -0.4 is 5.73 Å². The van der Waals surface area contributed by atoms with Gasteiger partial charge in [0, 0.05) is 0 Å². The SMILES string of the molecule is CCOC(=O)C(N)CCCC1CC1. The van der Waals surface area contributed by atoms with Gasteiger partial charge in [-0.3, -0.25) is 4.79 Å². The van der Waals surface area contributed by atoms with Crippen LogP contribution in [0.5, 0.6) is 0 Å². The molecule has 1 fully saturated rings. The Morgan fingerprint density at radius 2 is 2.31 bits per heavy atom. The Morgan fingerprint density at radius 1 is 1.62 bits per heavy atom. The summed E-state index contributed by atoms with van der Waals surface area (Å²) in [5, 5.41) is 0. The van der Waals surface area contributed by atoms with Crippen LogP contribution in [0.1, 0.15) is 39.0 Å². The van der Waals surface area contributed by atoms with E-state index in [1.165, 1.54) is 19.3 Å². The maximum absolute atomic E-state index is 11.1. The molecule has 0 aromatic heterocycles. The zero-order valence-electron chi connectivity index (χ0n) is 8.29. The van der Waals surface area contributed by atoms with Crippen LogP contribution in [0.4, 0.5) is 0 Å². The van der Waals surface area contributed by atoms with E-state index >= 15 is 0 Å². The van der Waals surface area contributed by atoms with Crippen molar-refractivity contribution in [1.82, 2.24) is 0 Å². The van der Waals surface area contributed by atoms with Crippen molar-refractivity contribution in [2.24, 2.45) is 11.7 Å². The van der Waals surface area contributed by atoms with Crippen molar-refractivity contribution in [2.75, 3.05) is 6.61 Å². The van der Waals surface area contributed by atoms with Crippen LogP contribution in [0.2, 0.25) is 0 Å². The third-order valence-electron chi connectivity index (χ3n) is 2.41. The average molecular weight is 185 g/mol. The van der Waals surface area contributed by atoms with Gasteiger partial charge < -0.3 is 10.5 Å². The summed E-state index contributed by atoms with van der Waals surface area (Å²) in [4.78, 5) is 11.1. The molecule has 1 rings (SSSR count). The molecule has 0 spiro atoms. The van der Waals surface area contributed by atoms with Gasteiger partial charge in [-0.2, -0.15) is 0 Å². The summed E-state index contributed by atoms with van der Waals surface area (Å²) in [5.41, 5.74) is 5.64. The predicted molar refractivity (Wildman–Crippen MR) is 51.2 cm³/mol. The predicted octanol–water partition coefficient (Wildman–Crippen LogP) is 1.46. The first-order valence-corrected chi connectivity index (χ1v) is 5.16. The molecule has 1 aliphatic rings. The van der Waals surface area contributed by atoms with E-state index in [9.17, 15) is 4.79 Å². The van der Waals surface area contributed by atoms with E-state index in [0.29, 0.717) is 6.61 Å². The van der Waals surface area contributed by atoms with Crippen LogP contribution in [0.15, 0.2) is 0 Å². The quantitative estimate of drug-likeness (QED) is 0.637. The molecule has 3 nitrogen and oxygen atoms in total. The summed E-state index contributed by atoms with van der Waals surface area (Å²) < 4.78 is 4.81. The molecule has 1 atom stereocenters. The van der Waals surface area contributed by atoms with Crippen molar-refractivity contribution in [2.45, 2.75) is 45.1 Å². The Kier molecular flexibility index (Phi) is 4.22. The molecule has 76 valence electrons. The molecule has 1 unspecified atom stereocenters. The van der Waals surface area contributed by atoms with Crippen molar-refractivity contribution in [1.29, 1.82) is 0 Å². The van der Waals surface area contributed by atoms with Gasteiger partial charge in [0.05, 0.1) is 6.61 Å². The average Bonchev–Trinajstić information content (AvgIpc) is 2.88. The lowest BCUT2D eigenvalue weighted by atomic mass is 10.1. The fourth-order valence-electron chi connectivity index (χ4n) is 1.40. The Balaban J connectivity index is 2.01. The fraction of sp³-hybridized carbons (Fsp3) is 0.900. The summed E-state index contributed by atoms with van der Waals surface area (Å²) in [6.45, 7) is 2.23. The minimum atomic E-state index is -0.404. The molecule has 1 saturated carbocycles. The van der Waals surface area contributed by atoms with E-state index in [-0.39, 0.29) is 5.97 Å². The van der Waals surface area contributed by atoms with E-state index in [2.05, 4.69) is 0 Å². The lowest BCUT2D eigenvalue weighted by Crippen LogP contribution is -2.32. The number of ether oxygens (including phenoxy) is 1. The van der Waals surface area contributed by atoms with E-state index in [1.807, 2.05) is 0 Å². The van der Waals surface area contributed by atoms with Gasteiger partial charge >= 0.3 is 5.97 Å². The van der Waals surface area contributed by atoms with Gasteiger partial charge in [-0.05, 0) is 19.3 Å². The monoisotopic (exact) mass is 185 g/mol. The maximum Gasteiger partial charge on any atom is 0.322 e. The second-order valence-electron chi connectivity index (χ2n) is 3.73.